The molecule has 0 heterocycles. The summed E-state index contributed by atoms with van der Waals surface area (Å²) in [5, 5.41) is 51.8. The number of phenols is 2. The minimum Gasteiger partial charge on any atom is -0.506 e. The van der Waals surface area contributed by atoms with Crippen molar-refractivity contribution in [3.63, 3.8) is 0 Å². The molecule has 2 amide bonds. The number of aliphatic hydroxyl groups is 2. The van der Waals surface area contributed by atoms with Gasteiger partial charge in [-0.25, -0.2) is 0 Å². The van der Waals surface area contributed by atoms with Gasteiger partial charge < -0.3 is 41.7 Å². The van der Waals surface area contributed by atoms with Gasteiger partial charge in [-0.05, 0) is 61.3 Å². The third kappa shape index (κ3) is 10.2. The van der Waals surface area contributed by atoms with Gasteiger partial charge in [-0.15, -0.1) is 0 Å². The van der Waals surface area contributed by atoms with Crippen LogP contribution < -0.4 is 21.3 Å². The van der Waals surface area contributed by atoms with Gasteiger partial charge in [0.2, 0.25) is 11.8 Å². The van der Waals surface area contributed by atoms with Crippen molar-refractivity contribution in [2.75, 3.05) is 36.8 Å². The number of nitrogens with one attached hydrogen (secondary N) is 4. The lowest BCUT2D eigenvalue weighted by Gasteiger charge is -2.15. The van der Waals surface area contributed by atoms with Gasteiger partial charge in [0.15, 0.2) is 0 Å². The molecule has 2 aromatic rings. The molecule has 0 aliphatic carbocycles. The number of benzene rings is 2. The second-order valence-electron chi connectivity index (χ2n) is 8.77. The van der Waals surface area contributed by atoms with E-state index in [1.165, 1.54) is 26.0 Å². The Hall–Kier alpha value is -3.18. The van der Waals surface area contributed by atoms with Gasteiger partial charge in [-0.2, -0.15) is 0 Å². The zero-order chi connectivity index (χ0) is 26.5. The van der Waals surface area contributed by atoms with Crippen LogP contribution in [0.15, 0.2) is 36.4 Å². The Kier molecular flexibility index (Phi) is 12.1. The quantitative estimate of drug-likeness (QED) is 0.136. The highest BCUT2D eigenvalue weighted by atomic mass is 16.3. The Balaban J connectivity index is 1.56. The van der Waals surface area contributed by atoms with Crippen LogP contribution in [0.2, 0.25) is 0 Å². The van der Waals surface area contributed by atoms with E-state index < -0.39 is 12.2 Å². The molecule has 0 radical (unpaired) electrons. The summed E-state index contributed by atoms with van der Waals surface area (Å²) >= 11 is 0. The Morgan fingerprint density at radius 3 is 1.44 bits per heavy atom. The maximum atomic E-state index is 11.2. The second kappa shape index (κ2) is 15.0. The summed E-state index contributed by atoms with van der Waals surface area (Å²) < 4.78 is 0. The number of amides is 2. The number of carbonyl (C=O) groups is 2. The van der Waals surface area contributed by atoms with Crippen molar-refractivity contribution in [3.05, 3.63) is 47.5 Å². The summed E-state index contributed by atoms with van der Waals surface area (Å²) in [5.41, 5.74) is 1.77. The SMILES string of the molecule is CC(=O)Nc1cc(C(O)CNCCCCCCNCC(O)c2ccc(O)c(NC(C)=O)c2)ccc1O. The van der Waals surface area contributed by atoms with Gasteiger partial charge in [-0.1, -0.05) is 25.0 Å². The molecule has 0 aliphatic rings. The lowest BCUT2D eigenvalue weighted by molar-refractivity contribution is -0.115. The molecule has 2 unspecified atom stereocenters. The first-order chi connectivity index (χ1) is 17.2. The van der Waals surface area contributed by atoms with Crippen LogP contribution in [0.25, 0.3) is 0 Å². The van der Waals surface area contributed by atoms with E-state index >= 15 is 0 Å². The molecule has 198 valence electrons. The molecule has 10 nitrogen and oxygen atoms in total. The number of aliphatic hydroxyl groups excluding tert-OH is 2. The molecule has 36 heavy (non-hydrogen) atoms. The largest absolute Gasteiger partial charge is 0.506 e. The van der Waals surface area contributed by atoms with Gasteiger partial charge in [-0.3, -0.25) is 9.59 Å². The summed E-state index contributed by atoms with van der Waals surface area (Å²) in [5.74, 6) is -0.684. The number of aromatic hydroxyl groups is 2. The van der Waals surface area contributed by atoms with Crippen LogP contribution in [0.5, 0.6) is 11.5 Å². The third-order valence-corrected chi connectivity index (χ3v) is 5.56. The minimum atomic E-state index is -0.753. The normalized spacial score (nSPS) is 12.7. The number of phenolic OH excluding ortho intramolecular Hbond substituents is 2. The molecular weight excluding hydrogens is 464 g/mol. The van der Waals surface area contributed by atoms with Gasteiger partial charge >= 0.3 is 0 Å². The number of hydrogen-bond donors (Lipinski definition) is 8. The van der Waals surface area contributed by atoms with Gasteiger partial charge in [0, 0.05) is 26.9 Å². The molecule has 8 N–H and O–H groups in total. The zero-order valence-corrected chi connectivity index (χ0v) is 20.9. The Morgan fingerprint density at radius 1 is 0.694 bits per heavy atom. The summed E-state index contributed by atoms with van der Waals surface area (Å²) in [6.07, 6.45) is 2.46. The predicted octanol–water partition coefficient (Wildman–Crippen LogP) is 2.52. The molecule has 0 aliphatic heterocycles. The van der Waals surface area contributed by atoms with Gasteiger partial charge in [0.1, 0.15) is 11.5 Å². The Morgan fingerprint density at radius 2 is 1.08 bits per heavy atom. The summed E-state index contributed by atoms with van der Waals surface area (Å²) in [4.78, 5) is 22.4. The first kappa shape index (κ1) is 29.1. The van der Waals surface area contributed by atoms with Crippen LogP contribution in [-0.2, 0) is 9.59 Å². The van der Waals surface area contributed by atoms with Crippen molar-refractivity contribution in [2.24, 2.45) is 0 Å². The van der Waals surface area contributed by atoms with E-state index in [4.69, 9.17) is 0 Å². The lowest BCUT2D eigenvalue weighted by Crippen LogP contribution is -2.23. The van der Waals surface area contributed by atoms with Crippen molar-refractivity contribution < 1.29 is 30.0 Å². The zero-order valence-electron chi connectivity index (χ0n) is 20.9. The molecule has 2 rings (SSSR count). The van der Waals surface area contributed by atoms with E-state index in [0.717, 1.165) is 38.8 Å². The fraction of sp³-hybridized carbons (Fsp3) is 0.462. The summed E-state index contributed by atoms with van der Waals surface area (Å²) in [6, 6.07) is 9.28. The van der Waals surface area contributed by atoms with E-state index in [2.05, 4.69) is 21.3 Å². The van der Waals surface area contributed by atoms with Crippen LogP contribution in [-0.4, -0.2) is 58.4 Å². The molecule has 2 atom stereocenters. The third-order valence-electron chi connectivity index (χ3n) is 5.56. The van der Waals surface area contributed by atoms with E-state index in [0.29, 0.717) is 24.2 Å². The van der Waals surface area contributed by atoms with E-state index in [-0.39, 0.29) is 34.7 Å². The topological polar surface area (TPSA) is 163 Å². The van der Waals surface area contributed by atoms with Crippen molar-refractivity contribution >= 4 is 23.2 Å². The first-order valence-electron chi connectivity index (χ1n) is 12.2. The minimum absolute atomic E-state index is 0.0467. The smallest absolute Gasteiger partial charge is 0.221 e. The molecule has 0 saturated carbocycles. The summed E-state index contributed by atoms with van der Waals surface area (Å²) in [6.45, 7) is 4.96. The Labute approximate surface area is 211 Å². The fourth-order valence-electron chi connectivity index (χ4n) is 3.67. The molecule has 0 saturated heterocycles. The summed E-state index contributed by atoms with van der Waals surface area (Å²) in [7, 11) is 0. The van der Waals surface area contributed by atoms with Crippen molar-refractivity contribution in [3.8, 4) is 11.5 Å². The molecule has 10 heteroatoms. The monoisotopic (exact) mass is 502 g/mol. The molecular formula is C26H38N4O6. The highest BCUT2D eigenvalue weighted by Gasteiger charge is 2.12. The van der Waals surface area contributed by atoms with Gasteiger partial charge in [0.05, 0.1) is 23.6 Å². The number of hydrogen-bond acceptors (Lipinski definition) is 8. The van der Waals surface area contributed by atoms with Crippen molar-refractivity contribution in [1.82, 2.24) is 10.6 Å². The number of anilines is 2. The second-order valence-corrected chi connectivity index (χ2v) is 8.77. The van der Waals surface area contributed by atoms with Crippen LogP contribution in [0, 0.1) is 0 Å². The van der Waals surface area contributed by atoms with Crippen LogP contribution >= 0.6 is 0 Å². The van der Waals surface area contributed by atoms with Crippen LogP contribution in [0.3, 0.4) is 0 Å². The van der Waals surface area contributed by atoms with Crippen molar-refractivity contribution in [1.29, 1.82) is 0 Å². The maximum absolute atomic E-state index is 11.2. The molecule has 0 aromatic heterocycles. The van der Waals surface area contributed by atoms with Gasteiger partial charge in [0.25, 0.3) is 0 Å². The first-order valence-corrected chi connectivity index (χ1v) is 12.2. The number of rotatable bonds is 15. The molecule has 2 aromatic carbocycles. The molecule has 0 spiro atoms. The standard InChI is InChI=1S/C26H38N4O6/c1-17(31)29-21-13-19(7-9-23(21)33)25(35)15-27-11-5-3-4-6-12-28-16-26(36)20-8-10-24(34)22(14-20)30-18(2)32/h7-10,13-14,25-28,33-36H,3-6,11-12,15-16H2,1-2H3,(H,29,31)(H,30,32). The van der Waals surface area contributed by atoms with E-state index in [9.17, 15) is 30.0 Å². The Bertz CT molecular complexity index is 921. The van der Waals surface area contributed by atoms with E-state index in [1.807, 2.05) is 0 Å². The van der Waals surface area contributed by atoms with Crippen LogP contribution in [0.1, 0.15) is 62.9 Å². The van der Waals surface area contributed by atoms with Crippen LogP contribution in [0.4, 0.5) is 11.4 Å². The fourth-order valence-corrected chi connectivity index (χ4v) is 3.67. The highest BCUT2D eigenvalue weighted by Crippen LogP contribution is 2.28. The molecule has 0 fully saturated rings. The maximum Gasteiger partial charge on any atom is 0.221 e. The average molecular weight is 503 g/mol. The predicted molar refractivity (Wildman–Crippen MR) is 139 cm³/mol. The number of carbonyl (C=O) groups excluding carboxylic acids is 2. The highest BCUT2D eigenvalue weighted by molar-refractivity contribution is 5.91. The average Bonchev–Trinajstić information content (AvgIpc) is 2.82. The lowest BCUT2D eigenvalue weighted by atomic mass is 10.1. The number of unbranched alkanes of at least 4 members (excludes halogenated alkanes) is 3. The van der Waals surface area contributed by atoms with Crippen molar-refractivity contribution in [2.45, 2.75) is 51.7 Å². The van der Waals surface area contributed by atoms with E-state index in [1.54, 1.807) is 24.3 Å². The molecule has 0 bridgehead atoms.